The zero-order valence-corrected chi connectivity index (χ0v) is 11.4. The smallest absolute Gasteiger partial charge is 0.373 e. The van der Waals surface area contributed by atoms with Gasteiger partial charge in [-0.05, 0) is 31.2 Å². The van der Waals surface area contributed by atoms with E-state index in [4.69, 9.17) is 14.4 Å². The summed E-state index contributed by atoms with van der Waals surface area (Å²) in [7, 11) is 1.25. The molecule has 0 bridgehead atoms. The fraction of sp³-hybridized carbons (Fsp3) is 0.200. The Bertz CT molecular complexity index is 702. The van der Waals surface area contributed by atoms with Crippen molar-refractivity contribution >= 4 is 5.97 Å². The molecule has 0 aliphatic rings. The lowest BCUT2D eigenvalue weighted by atomic mass is 10.2. The molecule has 108 valence electrons. The summed E-state index contributed by atoms with van der Waals surface area (Å²) in [5.74, 6) is -0.515. The van der Waals surface area contributed by atoms with Gasteiger partial charge in [-0.3, -0.25) is 0 Å². The lowest BCUT2D eigenvalue weighted by molar-refractivity contribution is 0.0558. The number of nitriles is 1. The Morgan fingerprint density at radius 1 is 1.38 bits per heavy atom. The van der Waals surface area contributed by atoms with E-state index in [0.717, 1.165) is 6.07 Å². The standard InChI is InChI=1S/C15H12FNO4/c1-9(13-5-6-14(21-13)15(18)19-2)20-11-4-3-10(8-17)12(16)7-11/h3-7,9H,1-2H3. The number of hydrogen-bond donors (Lipinski definition) is 0. The van der Waals surface area contributed by atoms with E-state index in [2.05, 4.69) is 4.74 Å². The molecule has 1 unspecified atom stereocenters. The SMILES string of the molecule is COC(=O)c1ccc(C(C)Oc2ccc(C#N)c(F)c2)o1. The van der Waals surface area contributed by atoms with E-state index in [0.29, 0.717) is 5.76 Å². The summed E-state index contributed by atoms with van der Waals surface area (Å²) in [6.07, 6.45) is -0.532. The van der Waals surface area contributed by atoms with Crippen LogP contribution in [-0.4, -0.2) is 13.1 Å². The van der Waals surface area contributed by atoms with Gasteiger partial charge in [0.25, 0.3) is 0 Å². The Kier molecular flexibility index (Phi) is 4.24. The largest absolute Gasteiger partial charge is 0.483 e. The van der Waals surface area contributed by atoms with Crippen LogP contribution in [0, 0.1) is 17.1 Å². The molecule has 0 amide bonds. The molecule has 0 fully saturated rings. The zero-order chi connectivity index (χ0) is 15.4. The zero-order valence-electron chi connectivity index (χ0n) is 11.4. The van der Waals surface area contributed by atoms with Gasteiger partial charge in [0.05, 0.1) is 12.7 Å². The van der Waals surface area contributed by atoms with Crippen LogP contribution in [0.1, 0.15) is 34.9 Å². The highest BCUT2D eigenvalue weighted by molar-refractivity contribution is 5.86. The van der Waals surface area contributed by atoms with Gasteiger partial charge in [-0.25, -0.2) is 9.18 Å². The molecule has 0 N–H and O–H groups in total. The monoisotopic (exact) mass is 289 g/mol. The highest BCUT2D eigenvalue weighted by Gasteiger charge is 2.17. The minimum atomic E-state index is -0.656. The summed E-state index contributed by atoms with van der Waals surface area (Å²) in [5, 5.41) is 8.66. The average Bonchev–Trinajstić information content (AvgIpc) is 2.96. The van der Waals surface area contributed by atoms with Gasteiger partial charge in [0.2, 0.25) is 5.76 Å². The number of carbonyl (C=O) groups is 1. The van der Waals surface area contributed by atoms with Crippen LogP contribution in [0.5, 0.6) is 5.75 Å². The third-order valence-corrected chi connectivity index (χ3v) is 2.79. The molecule has 1 atom stereocenters. The molecule has 0 aliphatic heterocycles. The van der Waals surface area contributed by atoms with Crippen LogP contribution in [0.2, 0.25) is 0 Å². The number of furan rings is 1. The molecule has 0 radical (unpaired) electrons. The van der Waals surface area contributed by atoms with Gasteiger partial charge in [-0.1, -0.05) is 0 Å². The minimum Gasteiger partial charge on any atom is -0.483 e. The number of methoxy groups -OCH3 is 1. The second-order valence-electron chi connectivity index (χ2n) is 4.21. The van der Waals surface area contributed by atoms with E-state index < -0.39 is 17.9 Å². The molecular formula is C15H12FNO4. The number of benzene rings is 1. The topological polar surface area (TPSA) is 72.5 Å². The van der Waals surface area contributed by atoms with Gasteiger partial charge in [-0.15, -0.1) is 0 Å². The van der Waals surface area contributed by atoms with Crippen LogP contribution < -0.4 is 4.74 Å². The van der Waals surface area contributed by atoms with Crippen LogP contribution in [0.25, 0.3) is 0 Å². The molecular weight excluding hydrogens is 277 g/mol. The van der Waals surface area contributed by atoms with Crippen molar-refractivity contribution in [1.82, 2.24) is 0 Å². The van der Waals surface area contributed by atoms with Gasteiger partial charge in [0, 0.05) is 6.07 Å². The summed E-state index contributed by atoms with van der Waals surface area (Å²) >= 11 is 0. The highest BCUT2D eigenvalue weighted by atomic mass is 19.1. The van der Waals surface area contributed by atoms with E-state index in [-0.39, 0.29) is 17.1 Å². The summed E-state index contributed by atoms with van der Waals surface area (Å²) in [6, 6.07) is 8.73. The number of nitrogens with zero attached hydrogens (tertiary/aromatic N) is 1. The number of carbonyl (C=O) groups excluding carboxylic acids is 1. The number of rotatable bonds is 4. The van der Waals surface area contributed by atoms with Crippen LogP contribution in [0.3, 0.4) is 0 Å². The van der Waals surface area contributed by atoms with Crippen molar-refractivity contribution in [3.8, 4) is 11.8 Å². The molecule has 1 heterocycles. The number of esters is 1. The minimum absolute atomic E-state index is 0.0546. The molecule has 2 rings (SSSR count). The van der Waals surface area contributed by atoms with Crippen molar-refractivity contribution in [3.05, 3.63) is 53.2 Å². The van der Waals surface area contributed by atoms with E-state index >= 15 is 0 Å². The molecule has 6 heteroatoms. The highest BCUT2D eigenvalue weighted by Crippen LogP contribution is 2.25. The van der Waals surface area contributed by atoms with Gasteiger partial charge >= 0.3 is 5.97 Å². The summed E-state index contributed by atoms with van der Waals surface area (Å²) in [4.78, 5) is 11.3. The average molecular weight is 289 g/mol. The third-order valence-electron chi connectivity index (χ3n) is 2.79. The van der Waals surface area contributed by atoms with Crippen LogP contribution in [0.15, 0.2) is 34.7 Å². The molecule has 5 nitrogen and oxygen atoms in total. The molecule has 0 spiro atoms. The quantitative estimate of drug-likeness (QED) is 0.808. The maximum atomic E-state index is 13.5. The predicted octanol–water partition coefficient (Wildman–Crippen LogP) is 3.22. The van der Waals surface area contributed by atoms with E-state index in [1.54, 1.807) is 19.1 Å². The first kappa shape index (κ1) is 14.6. The number of ether oxygens (including phenoxy) is 2. The number of halogens is 1. The van der Waals surface area contributed by atoms with Crippen molar-refractivity contribution < 1.29 is 23.1 Å². The van der Waals surface area contributed by atoms with E-state index in [1.165, 1.54) is 25.3 Å². The first-order valence-corrected chi connectivity index (χ1v) is 6.09. The first-order valence-electron chi connectivity index (χ1n) is 6.09. The van der Waals surface area contributed by atoms with Crippen molar-refractivity contribution in [2.75, 3.05) is 7.11 Å². The summed E-state index contributed by atoms with van der Waals surface area (Å²) in [6.45, 7) is 1.69. The van der Waals surface area contributed by atoms with Crippen LogP contribution >= 0.6 is 0 Å². The summed E-state index contributed by atoms with van der Waals surface area (Å²) < 4.78 is 28.8. The van der Waals surface area contributed by atoms with Gasteiger partial charge in [0.15, 0.2) is 6.10 Å². The molecule has 0 saturated carbocycles. The van der Waals surface area contributed by atoms with Crippen molar-refractivity contribution in [3.63, 3.8) is 0 Å². The Balaban J connectivity index is 2.12. The van der Waals surface area contributed by atoms with Crippen molar-refractivity contribution in [2.45, 2.75) is 13.0 Å². The lowest BCUT2D eigenvalue weighted by Gasteiger charge is -2.12. The normalized spacial score (nSPS) is 11.5. The fourth-order valence-electron chi connectivity index (χ4n) is 1.70. The Labute approximate surface area is 120 Å². The molecule has 21 heavy (non-hydrogen) atoms. The molecule has 1 aromatic carbocycles. The Morgan fingerprint density at radius 3 is 2.76 bits per heavy atom. The van der Waals surface area contributed by atoms with E-state index in [9.17, 15) is 9.18 Å². The first-order chi connectivity index (χ1) is 10.0. The Morgan fingerprint density at radius 2 is 2.14 bits per heavy atom. The fourth-order valence-corrected chi connectivity index (χ4v) is 1.70. The molecule has 0 aliphatic carbocycles. The maximum Gasteiger partial charge on any atom is 0.373 e. The molecule has 2 aromatic rings. The Hall–Kier alpha value is -2.81. The maximum absolute atomic E-state index is 13.5. The van der Waals surface area contributed by atoms with Crippen molar-refractivity contribution in [1.29, 1.82) is 5.26 Å². The van der Waals surface area contributed by atoms with E-state index in [1.807, 2.05) is 0 Å². The van der Waals surface area contributed by atoms with Crippen LogP contribution in [-0.2, 0) is 4.74 Å². The summed E-state index contributed by atoms with van der Waals surface area (Å²) in [5.41, 5.74) is -0.0546. The van der Waals surface area contributed by atoms with Gasteiger partial charge < -0.3 is 13.9 Å². The number of hydrogen-bond acceptors (Lipinski definition) is 5. The van der Waals surface area contributed by atoms with Gasteiger partial charge in [0.1, 0.15) is 23.4 Å². The second kappa shape index (κ2) is 6.09. The molecule has 1 aromatic heterocycles. The van der Waals surface area contributed by atoms with Crippen molar-refractivity contribution in [2.24, 2.45) is 0 Å². The lowest BCUT2D eigenvalue weighted by Crippen LogP contribution is -2.03. The second-order valence-corrected chi connectivity index (χ2v) is 4.21. The molecule has 0 saturated heterocycles. The predicted molar refractivity (Wildman–Crippen MR) is 70.2 cm³/mol. The van der Waals surface area contributed by atoms with Gasteiger partial charge in [-0.2, -0.15) is 5.26 Å². The third kappa shape index (κ3) is 3.20. The van der Waals surface area contributed by atoms with Crippen LogP contribution in [0.4, 0.5) is 4.39 Å².